The predicted molar refractivity (Wildman–Crippen MR) is 122 cm³/mol. The van der Waals surface area contributed by atoms with Crippen LogP contribution in [0.3, 0.4) is 0 Å². The van der Waals surface area contributed by atoms with E-state index in [1.165, 1.54) is 0 Å². The van der Waals surface area contributed by atoms with E-state index in [1.54, 1.807) is 16.2 Å². The van der Waals surface area contributed by atoms with Gasteiger partial charge < -0.3 is 14.4 Å². The number of ether oxygens (including phenoxy) is 2. The van der Waals surface area contributed by atoms with Gasteiger partial charge in [-0.2, -0.15) is 0 Å². The number of likely N-dealkylation sites (N-methyl/N-ethyl adjacent to an activating group) is 1. The molecule has 0 spiro atoms. The first-order valence-electron chi connectivity index (χ1n) is 10.7. The summed E-state index contributed by atoms with van der Waals surface area (Å²) in [6.07, 6.45) is 1.86. The largest absolute Gasteiger partial charge is 0.377 e. The number of hydrogen-bond donors (Lipinski definition) is 0. The second-order valence-corrected chi connectivity index (χ2v) is 8.40. The Morgan fingerprint density at radius 2 is 1.97 bits per heavy atom. The zero-order valence-corrected chi connectivity index (χ0v) is 18.5. The summed E-state index contributed by atoms with van der Waals surface area (Å²) in [5.41, 5.74) is 4.92. The molecule has 0 unspecified atom stereocenters. The molecular weight excluding hydrogens is 408 g/mol. The highest BCUT2D eigenvalue weighted by molar-refractivity contribution is 6.02. The summed E-state index contributed by atoms with van der Waals surface area (Å²) < 4.78 is 14.4. The molecule has 0 bridgehead atoms. The van der Waals surface area contributed by atoms with Crippen LogP contribution >= 0.6 is 0 Å². The molecule has 5 rings (SSSR count). The minimum atomic E-state index is -0.0965. The Hall–Kier alpha value is -3.14. The molecule has 1 saturated heterocycles. The molecule has 0 N–H and O–H groups in total. The number of rotatable bonds is 7. The third-order valence-electron chi connectivity index (χ3n) is 5.84. The number of aryl methyl sites for hydroxylation is 1. The second kappa shape index (κ2) is 8.42. The molecule has 9 nitrogen and oxygen atoms in total. The number of hydrogen-bond acceptors (Lipinski definition) is 7. The van der Waals surface area contributed by atoms with Crippen molar-refractivity contribution in [2.45, 2.75) is 12.6 Å². The highest BCUT2D eigenvalue weighted by Gasteiger charge is 2.27. The normalized spacial score (nSPS) is 14.5. The number of pyridine rings is 1. The van der Waals surface area contributed by atoms with Crippen LogP contribution < -0.4 is 5.69 Å². The summed E-state index contributed by atoms with van der Waals surface area (Å²) in [5.74, 6) is 0. The van der Waals surface area contributed by atoms with Gasteiger partial charge in [0, 0.05) is 30.7 Å². The summed E-state index contributed by atoms with van der Waals surface area (Å²) >= 11 is 0. The average molecular weight is 435 g/mol. The van der Waals surface area contributed by atoms with E-state index in [0.717, 1.165) is 39.8 Å². The lowest BCUT2D eigenvalue weighted by Crippen LogP contribution is -2.37. The Morgan fingerprint density at radius 1 is 1.16 bits per heavy atom. The predicted octanol–water partition coefficient (Wildman–Crippen LogP) is 1.99. The first-order valence-corrected chi connectivity index (χ1v) is 10.7. The highest BCUT2D eigenvalue weighted by Crippen LogP contribution is 2.30. The van der Waals surface area contributed by atoms with E-state index in [9.17, 15) is 4.79 Å². The van der Waals surface area contributed by atoms with Gasteiger partial charge >= 0.3 is 5.69 Å². The molecule has 3 aromatic heterocycles. The standard InChI is InChI=1S/C23H26N6O3/c1-27(2)8-9-31-12-17-6-4-16(11-24-17)15-5-7-20-19(10-15)21-22(26-25-20)28(3)23(30)29(21)18-13-32-14-18/h4-7,10-11,18H,8-9,12-14H2,1-3H3. The zero-order valence-electron chi connectivity index (χ0n) is 18.5. The van der Waals surface area contributed by atoms with Crippen molar-refractivity contribution in [3.05, 3.63) is 52.7 Å². The Kier molecular flexibility index (Phi) is 5.46. The summed E-state index contributed by atoms with van der Waals surface area (Å²) in [5, 5.41) is 9.55. The van der Waals surface area contributed by atoms with Crippen LogP contribution in [0.4, 0.5) is 0 Å². The van der Waals surface area contributed by atoms with Gasteiger partial charge in [-0.25, -0.2) is 4.79 Å². The number of aromatic nitrogens is 5. The molecule has 4 aromatic rings. The maximum atomic E-state index is 12.9. The fraction of sp³-hybridized carbons (Fsp3) is 0.391. The first-order chi connectivity index (χ1) is 15.5. The van der Waals surface area contributed by atoms with E-state index in [-0.39, 0.29) is 11.7 Å². The van der Waals surface area contributed by atoms with E-state index < -0.39 is 0 Å². The van der Waals surface area contributed by atoms with Gasteiger partial charge in [0.15, 0.2) is 5.65 Å². The number of fused-ring (bicyclic) bond motifs is 3. The molecule has 4 heterocycles. The molecule has 9 heteroatoms. The Balaban J connectivity index is 1.50. The highest BCUT2D eigenvalue weighted by atomic mass is 16.5. The van der Waals surface area contributed by atoms with Crippen molar-refractivity contribution in [2.24, 2.45) is 7.05 Å². The van der Waals surface area contributed by atoms with Crippen LogP contribution in [0.15, 0.2) is 41.3 Å². The van der Waals surface area contributed by atoms with Crippen LogP contribution in [0.2, 0.25) is 0 Å². The minimum absolute atomic E-state index is 0.0238. The SMILES string of the molecule is CN(C)CCOCc1ccc(-c2ccc3nnc4c(c3c2)n(C2COC2)c(=O)n4C)cn1. The van der Waals surface area contributed by atoms with Gasteiger partial charge in [-0.1, -0.05) is 12.1 Å². The van der Waals surface area contributed by atoms with E-state index in [2.05, 4.69) is 26.1 Å². The molecule has 1 aromatic carbocycles. The van der Waals surface area contributed by atoms with Crippen molar-refractivity contribution in [1.82, 2.24) is 29.2 Å². The van der Waals surface area contributed by atoms with Crippen molar-refractivity contribution in [1.29, 1.82) is 0 Å². The Bertz CT molecular complexity index is 1320. The van der Waals surface area contributed by atoms with Gasteiger partial charge in [-0.15, -0.1) is 10.2 Å². The van der Waals surface area contributed by atoms with Crippen molar-refractivity contribution < 1.29 is 9.47 Å². The van der Waals surface area contributed by atoms with Gasteiger partial charge in [-0.05, 0) is 37.9 Å². The molecule has 0 radical (unpaired) electrons. The zero-order chi connectivity index (χ0) is 22.2. The molecule has 0 saturated carbocycles. The van der Waals surface area contributed by atoms with Gasteiger partial charge in [0.25, 0.3) is 0 Å². The van der Waals surface area contributed by atoms with Crippen LogP contribution in [-0.2, 0) is 23.1 Å². The van der Waals surface area contributed by atoms with Crippen LogP contribution in [0.5, 0.6) is 0 Å². The molecule has 0 amide bonds. The lowest BCUT2D eigenvalue weighted by Gasteiger charge is -2.27. The summed E-state index contributed by atoms with van der Waals surface area (Å²) in [4.78, 5) is 19.5. The molecule has 0 aliphatic carbocycles. The van der Waals surface area contributed by atoms with Gasteiger partial charge in [0.05, 0.1) is 43.7 Å². The molecule has 1 aliphatic rings. The quantitative estimate of drug-likeness (QED) is 0.411. The third kappa shape index (κ3) is 3.68. The summed E-state index contributed by atoms with van der Waals surface area (Å²) in [6, 6.07) is 10.1. The number of nitrogens with zero attached hydrogens (tertiary/aromatic N) is 6. The number of imidazole rings is 1. The lowest BCUT2D eigenvalue weighted by atomic mass is 10.0. The molecule has 0 atom stereocenters. The van der Waals surface area contributed by atoms with Crippen LogP contribution in [0.25, 0.3) is 33.2 Å². The fourth-order valence-electron chi connectivity index (χ4n) is 3.89. The van der Waals surface area contributed by atoms with E-state index in [4.69, 9.17) is 9.47 Å². The molecular formula is C23H26N6O3. The second-order valence-electron chi connectivity index (χ2n) is 8.40. The Morgan fingerprint density at radius 3 is 2.66 bits per heavy atom. The summed E-state index contributed by atoms with van der Waals surface area (Å²) in [6.45, 7) is 3.10. The van der Waals surface area contributed by atoms with Crippen molar-refractivity contribution in [3.63, 3.8) is 0 Å². The number of benzene rings is 1. The van der Waals surface area contributed by atoms with Gasteiger partial charge in [-0.3, -0.25) is 14.1 Å². The molecule has 166 valence electrons. The van der Waals surface area contributed by atoms with E-state index >= 15 is 0 Å². The monoisotopic (exact) mass is 434 g/mol. The average Bonchev–Trinajstić information content (AvgIpc) is 3.01. The van der Waals surface area contributed by atoms with Gasteiger partial charge in [0.2, 0.25) is 0 Å². The molecule has 32 heavy (non-hydrogen) atoms. The van der Waals surface area contributed by atoms with Crippen LogP contribution in [-0.4, -0.2) is 69.7 Å². The summed E-state index contributed by atoms with van der Waals surface area (Å²) in [7, 11) is 5.77. The molecule has 1 aliphatic heterocycles. The maximum absolute atomic E-state index is 12.9. The van der Waals surface area contributed by atoms with Gasteiger partial charge in [0.1, 0.15) is 5.52 Å². The Labute approximate surface area is 185 Å². The topological polar surface area (TPSA) is 87.3 Å². The first kappa shape index (κ1) is 20.7. The lowest BCUT2D eigenvalue weighted by molar-refractivity contribution is -0.0230. The van der Waals surface area contributed by atoms with Crippen molar-refractivity contribution in [2.75, 3.05) is 40.5 Å². The van der Waals surface area contributed by atoms with Crippen LogP contribution in [0, 0.1) is 0 Å². The van der Waals surface area contributed by atoms with Crippen molar-refractivity contribution in [3.8, 4) is 11.1 Å². The fourth-order valence-corrected chi connectivity index (χ4v) is 3.89. The van der Waals surface area contributed by atoms with E-state index in [1.807, 2.05) is 44.6 Å². The molecule has 1 fully saturated rings. The van der Waals surface area contributed by atoms with Crippen LogP contribution in [0.1, 0.15) is 11.7 Å². The minimum Gasteiger partial charge on any atom is -0.377 e. The van der Waals surface area contributed by atoms with E-state index in [0.29, 0.717) is 32.1 Å². The van der Waals surface area contributed by atoms with Crippen molar-refractivity contribution >= 4 is 22.1 Å². The maximum Gasteiger partial charge on any atom is 0.330 e. The smallest absolute Gasteiger partial charge is 0.330 e. The third-order valence-corrected chi connectivity index (χ3v) is 5.84.